The number of hydrogen-bond donors (Lipinski definition) is 1. The molecule has 25 heavy (non-hydrogen) atoms. The molecule has 0 saturated heterocycles. The van der Waals surface area contributed by atoms with Crippen molar-refractivity contribution in [1.29, 1.82) is 0 Å². The Hall–Kier alpha value is -2.73. The SMILES string of the molecule is O=C(CCCN1C(=O)c2ccccc2C1=O)Nc1ccc(F)cc1Cl. The normalized spacial score (nSPS) is 13.1. The lowest BCUT2D eigenvalue weighted by Gasteiger charge is -2.13. The molecule has 0 spiro atoms. The number of benzene rings is 2. The minimum Gasteiger partial charge on any atom is -0.325 e. The first-order chi connectivity index (χ1) is 12.0. The largest absolute Gasteiger partial charge is 0.325 e. The van der Waals surface area contributed by atoms with Crippen LogP contribution in [0, 0.1) is 5.82 Å². The van der Waals surface area contributed by atoms with Crippen LogP contribution in [0.4, 0.5) is 10.1 Å². The number of nitrogens with one attached hydrogen (secondary N) is 1. The Morgan fingerprint density at radius 1 is 1.08 bits per heavy atom. The summed E-state index contributed by atoms with van der Waals surface area (Å²) >= 11 is 5.85. The molecule has 0 atom stereocenters. The Kier molecular flexibility index (Phi) is 4.81. The van der Waals surface area contributed by atoms with Crippen LogP contribution in [0.5, 0.6) is 0 Å². The zero-order valence-electron chi connectivity index (χ0n) is 13.1. The fourth-order valence-corrected chi connectivity index (χ4v) is 2.86. The molecular weight excluding hydrogens is 347 g/mol. The summed E-state index contributed by atoms with van der Waals surface area (Å²) in [5.41, 5.74) is 1.08. The fraction of sp³-hybridized carbons (Fsp3) is 0.167. The van der Waals surface area contributed by atoms with Gasteiger partial charge < -0.3 is 5.32 Å². The first kappa shape index (κ1) is 17.1. The topological polar surface area (TPSA) is 66.5 Å². The molecule has 2 aromatic rings. The number of amides is 3. The summed E-state index contributed by atoms with van der Waals surface area (Å²) in [4.78, 5) is 37.5. The first-order valence-corrected chi connectivity index (χ1v) is 8.05. The van der Waals surface area contributed by atoms with E-state index in [0.717, 1.165) is 11.0 Å². The monoisotopic (exact) mass is 360 g/mol. The van der Waals surface area contributed by atoms with E-state index in [1.54, 1.807) is 24.3 Å². The van der Waals surface area contributed by atoms with Gasteiger partial charge in [0.2, 0.25) is 5.91 Å². The number of rotatable bonds is 5. The van der Waals surface area contributed by atoms with Gasteiger partial charge in [0.15, 0.2) is 0 Å². The van der Waals surface area contributed by atoms with Gasteiger partial charge in [-0.2, -0.15) is 0 Å². The average molecular weight is 361 g/mol. The Balaban J connectivity index is 1.54. The zero-order valence-corrected chi connectivity index (χ0v) is 13.8. The van der Waals surface area contributed by atoms with Gasteiger partial charge in [0.1, 0.15) is 5.82 Å². The van der Waals surface area contributed by atoms with Gasteiger partial charge >= 0.3 is 0 Å². The molecule has 0 radical (unpaired) electrons. The lowest BCUT2D eigenvalue weighted by atomic mass is 10.1. The summed E-state index contributed by atoms with van der Waals surface area (Å²) in [5, 5.41) is 2.68. The highest BCUT2D eigenvalue weighted by Crippen LogP contribution is 2.24. The van der Waals surface area contributed by atoms with Gasteiger partial charge in [0, 0.05) is 13.0 Å². The van der Waals surface area contributed by atoms with Gasteiger partial charge in [-0.15, -0.1) is 0 Å². The predicted octanol–water partition coefficient (Wildman–Crippen LogP) is 3.49. The molecule has 7 heteroatoms. The molecule has 0 saturated carbocycles. The van der Waals surface area contributed by atoms with Crippen LogP contribution in [0.1, 0.15) is 33.6 Å². The van der Waals surface area contributed by atoms with E-state index in [4.69, 9.17) is 11.6 Å². The zero-order chi connectivity index (χ0) is 18.0. The van der Waals surface area contributed by atoms with Crippen molar-refractivity contribution in [2.24, 2.45) is 0 Å². The Bertz CT molecular complexity index is 834. The van der Waals surface area contributed by atoms with Crippen molar-refractivity contribution < 1.29 is 18.8 Å². The van der Waals surface area contributed by atoms with Crippen molar-refractivity contribution in [2.75, 3.05) is 11.9 Å². The second-order valence-electron chi connectivity index (χ2n) is 5.58. The minimum absolute atomic E-state index is 0.0983. The quantitative estimate of drug-likeness (QED) is 0.830. The number of anilines is 1. The van der Waals surface area contributed by atoms with E-state index in [0.29, 0.717) is 23.2 Å². The minimum atomic E-state index is -0.492. The molecule has 0 aromatic heterocycles. The fourth-order valence-electron chi connectivity index (χ4n) is 2.64. The maximum atomic E-state index is 13.0. The molecule has 1 N–H and O–H groups in total. The molecule has 3 rings (SSSR count). The summed E-state index contributed by atoms with van der Waals surface area (Å²) in [5.74, 6) is -1.51. The maximum absolute atomic E-state index is 13.0. The van der Waals surface area contributed by atoms with Crippen molar-refractivity contribution in [3.05, 3.63) is 64.4 Å². The molecule has 0 aliphatic carbocycles. The lowest BCUT2D eigenvalue weighted by molar-refractivity contribution is -0.116. The molecule has 0 fully saturated rings. The van der Waals surface area contributed by atoms with E-state index in [9.17, 15) is 18.8 Å². The predicted molar refractivity (Wildman–Crippen MR) is 91.1 cm³/mol. The van der Waals surface area contributed by atoms with Crippen LogP contribution in [0.3, 0.4) is 0 Å². The van der Waals surface area contributed by atoms with Gasteiger partial charge in [0.05, 0.1) is 21.8 Å². The summed E-state index contributed by atoms with van der Waals surface area (Å²) in [7, 11) is 0. The van der Waals surface area contributed by atoms with Gasteiger partial charge in [-0.3, -0.25) is 19.3 Å². The Morgan fingerprint density at radius 3 is 2.32 bits per heavy atom. The van der Waals surface area contributed by atoms with Crippen molar-refractivity contribution in [2.45, 2.75) is 12.8 Å². The Morgan fingerprint density at radius 2 is 1.72 bits per heavy atom. The maximum Gasteiger partial charge on any atom is 0.261 e. The summed E-state index contributed by atoms with van der Waals surface area (Å²) in [6, 6.07) is 10.3. The van der Waals surface area contributed by atoms with Crippen molar-refractivity contribution in [3.63, 3.8) is 0 Å². The van der Waals surface area contributed by atoms with Crippen LogP contribution in [0.2, 0.25) is 5.02 Å². The third-order valence-corrected chi connectivity index (χ3v) is 4.18. The van der Waals surface area contributed by atoms with E-state index in [-0.39, 0.29) is 35.7 Å². The van der Waals surface area contributed by atoms with Crippen molar-refractivity contribution in [1.82, 2.24) is 4.90 Å². The van der Waals surface area contributed by atoms with E-state index < -0.39 is 5.82 Å². The summed E-state index contributed by atoms with van der Waals surface area (Å²) in [6.07, 6.45) is 0.414. The molecule has 5 nitrogen and oxygen atoms in total. The second-order valence-corrected chi connectivity index (χ2v) is 5.99. The molecule has 2 aromatic carbocycles. The number of fused-ring (bicyclic) bond motifs is 1. The smallest absolute Gasteiger partial charge is 0.261 e. The van der Waals surface area contributed by atoms with Crippen LogP contribution in [0.25, 0.3) is 0 Å². The number of halogens is 2. The number of carbonyl (C=O) groups is 3. The highest BCUT2D eigenvalue weighted by Gasteiger charge is 2.34. The average Bonchev–Trinajstić information content (AvgIpc) is 2.83. The van der Waals surface area contributed by atoms with Gasteiger partial charge in [0.25, 0.3) is 11.8 Å². The van der Waals surface area contributed by atoms with E-state index >= 15 is 0 Å². The number of carbonyl (C=O) groups excluding carboxylic acids is 3. The third kappa shape index (κ3) is 3.53. The van der Waals surface area contributed by atoms with Crippen molar-refractivity contribution in [3.8, 4) is 0 Å². The molecule has 1 aliphatic heterocycles. The molecule has 128 valence electrons. The van der Waals surface area contributed by atoms with Crippen LogP contribution in [-0.4, -0.2) is 29.2 Å². The highest BCUT2D eigenvalue weighted by molar-refractivity contribution is 6.33. The van der Waals surface area contributed by atoms with Gasteiger partial charge in [-0.1, -0.05) is 23.7 Å². The highest BCUT2D eigenvalue weighted by atomic mass is 35.5. The van der Waals surface area contributed by atoms with Crippen LogP contribution in [-0.2, 0) is 4.79 Å². The summed E-state index contributed by atoms with van der Waals surface area (Å²) < 4.78 is 13.0. The molecular formula is C18H14ClFN2O3. The van der Waals surface area contributed by atoms with E-state index in [2.05, 4.69) is 5.32 Å². The molecule has 0 bridgehead atoms. The van der Waals surface area contributed by atoms with E-state index in [1.807, 2.05) is 0 Å². The lowest BCUT2D eigenvalue weighted by Crippen LogP contribution is -2.31. The molecule has 1 heterocycles. The summed E-state index contributed by atoms with van der Waals surface area (Å²) in [6.45, 7) is 0.150. The van der Waals surface area contributed by atoms with Gasteiger partial charge in [-0.05, 0) is 36.8 Å². The molecule has 0 unspecified atom stereocenters. The third-order valence-electron chi connectivity index (χ3n) is 3.87. The number of nitrogens with zero attached hydrogens (tertiary/aromatic N) is 1. The van der Waals surface area contributed by atoms with Crippen LogP contribution < -0.4 is 5.32 Å². The Labute approximate surface area is 148 Å². The molecule has 1 aliphatic rings. The first-order valence-electron chi connectivity index (χ1n) is 7.67. The van der Waals surface area contributed by atoms with Crippen LogP contribution >= 0.6 is 11.6 Å². The number of hydrogen-bond acceptors (Lipinski definition) is 3. The van der Waals surface area contributed by atoms with Gasteiger partial charge in [-0.25, -0.2) is 4.39 Å². The number of imide groups is 1. The standard InChI is InChI=1S/C18H14ClFN2O3/c19-14-10-11(20)7-8-15(14)21-16(23)6-3-9-22-17(24)12-4-1-2-5-13(12)18(22)25/h1-2,4-5,7-8,10H,3,6,9H2,(H,21,23). The van der Waals surface area contributed by atoms with Crippen molar-refractivity contribution >= 4 is 35.0 Å². The second kappa shape index (κ2) is 7.03. The molecule has 3 amide bonds. The van der Waals surface area contributed by atoms with Crippen LogP contribution in [0.15, 0.2) is 42.5 Å². The van der Waals surface area contributed by atoms with E-state index in [1.165, 1.54) is 12.1 Å².